The third-order valence-corrected chi connectivity index (χ3v) is 2.02. The van der Waals surface area contributed by atoms with Gasteiger partial charge in [0.2, 0.25) is 0 Å². The second-order valence-electron chi connectivity index (χ2n) is 3.80. The number of hydrogen-bond acceptors (Lipinski definition) is 3. The van der Waals surface area contributed by atoms with Gasteiger partial charge in [-0.3, -0.25) is 9.63 Å². The Morgan fingerprint density at radius 1 is 1.56 bits per heavy atom. The van der Waals surface area contributed by atoms with Gasteiger partial charge in [0.25, 0.3) is 5.91 Å². The predicted molar refractivity (Wildman–Crippen MR) is 61.4 cm³/mol. The summed E-state index contributed by atoms with van der Waals surface area (Å²) in [6.07, 6.45) is 0. The first-order valence-corrected chi connectivity index (χ1v) is 5.29. The molecule has 0 spiro atoms. The largest absolute Gasteiger partial charge is 0.507 e. The summed E-state index contributed by atoms with van der Waals surface area (Å²) in [5.74, 6) is -0.341. The van der Waals surface area contributed by atoms with Crippen LogP contribution in [-0.2, 0) is 4.84 Å². The number of hydrogen-bond donors (Lipinski definition) is 2. The highest BCUT2D eigenvalue weighted by molar-refractivity contribution is 6.30. The summed E-state index contributed by atoms with van der Waals surface area (Å²) in [5, 5.41) is 9.84. The summed E-state index contributed by atoms with van der Waals surface area (Å²) in [4.78, 5) is 16.5. The highest BCUT2D eigenvalue weighted by Crippen LogP contribution is 2.21. The molecule has 1 amide bonds. The molecule has 0 aliphatic carbocycles. The summed E-state index contributed by atoms with van der Waals surface area (Å²) in [5.41, 5.74) is 2.38. The van der Waals surface area contributed by atoms with E-state index in [2.05, 4.69) is 5.48 Å². The van der Waals surface area contributed by atoms with Gasteiger partial charge in [0, 0.05) is 5.02 Å². The first-order chi connectivity index (χ1) is 7.50. The quantitative estimate of drug-likeness (QED) is 0.799. The van der Waals surface area contributed by atoms with Crippen LogP contribution in [0.2, 0.25) is 5.02 Å². The summed E-state index contributed by atoms with van der Waals surface area (Å²) >= 11 is 5.64. The maximum Gasteiger partial charge on any atom is 0.278 e. The number of amides is 1. The fourth-order valence-corrected chi connectivity index (χ4v) is 1.19. The second-order valence-corrected chi connectivity index (χ2v) is 4.23. The van der Waals surface area contributed by atoms with Gasteiger partial charge in [0.1, 0.15) is 5.75 Å². The van der Waals surface area contributed by atoms with Crippen molar-refractivity contribution in [2.75, 3.05) is 6.61 Å². The highest BCUT2D eigenvalue weighted by atomic mass is 35.5. The van der Waals surface area contributed by atoms with E-state index in [9.17, 15) is 9.90 Å². The number of phenols is 1. The van der Waals surface area contributed by atoms with E-state index in [1.54, 1.807) is 0 Å². The number of aromatic hydroxyl groups is 1. The lowest BCUT2D eigenvalue weighted by Crippen LogP contribution is -2.25. The van der Waals surface area contributed by atoms with Crippen LogP contribution in [0.4, 0.5) is 0 Å². The molecule has 0 radical (unpaired) electrons. The zero-order valence-electron chi connectivity index (χ0n) is 9.16. The lowest BCUT2D eigenvalue weighted by molar-refractivity contribution is 0.0207. The molecule has 0 fully saturated rings. The summed E-state index contributed by atoms with van der Waals surface area (Å²) in [6.45, 7) is 4.35. The minimum Gasteiger partial charge on any atom is -0.507 e. The van der Waals surface area contributed by atoms with E-state index in [0.29, 0.717) is 17.5 Å². The Labute approximate surface area is 99.1 Å². The normalized spacial score (nSPS) is 10.5. The van der Waals surface area contributed by atoms with Gasteiger partial charge in [-0.15, -0.1) is 0 Å². The molecule has 2 N–H and O–H groups in total. The topological polar surface area (TPSA) is 58.6 Å². The van der Waals surface area contributed by atoms with Crippen LogP contribution in [0.5, 0.6) is 5.75 Å². The molecule has 4 nitrogen and oxygen atoms in total. The predicted octanol–water partition coefficient (Wildman–Crippen LogP) is 2.36. The molecule has 0 saturated heterocycles. The fraction of sp³-hybridized carbons (Fsp3) is 0.364. The van der Waals surface area contributed by atoms with Crippen molar-refractivity contribution in [3.05, 3.63) is 28.8 Å². The Balaban J connectivity index is 2.59. The minimum absolute atomic E-state index is 0.133. The van der Waals surface area contributed by atoms with Crippen LogP contribution in [-0.4, -0.2) is 17.6 Å². The molecule has 1 rings (SSSR count). The van der Waals surface area contributed by atoms with Crippen molar-refractivity contribution < 1.29 is 14.7 Å². The average molecular weight is 244 g/mol. The van der Waals surface area contributed by atoms with Gasteiger partial charge in [-0.2, -0.15) is 0 Å². The van der Waals surface area contributed by atoms with Crippen LogP contribution in [0.25, 0.3) is 0 Å². The molecule has 0 bridgehead atoms. The molecule has 0 heterocycles. The smallest absolute Gasteiger partial charge is 0.278 e. The third-order valence-electron chi connectivity index (χ3n) is 1.79. The molecule has 0 unspecified atom stereocenters. The molecular weight excluding hydrogens is 230 g/mol. The molecule has 88 valence electrons. The van der Waals surface area contributed by atoms with Crippen molar-refractivity contribution in [3.8, 4) is 5.75 Å². The first-order valence-electron chi connectivity index (χ1n) is 4.91. The molecule has 0 aliphatic heterocycles. The second kappa shape index (κ2) is 5.72. The van der Waals surface area contributed by atoms with Gasteiger partial charge >= 0.3 is 0 Å². The monoisotopic (exact) mass is 243 g/mol. The lowest BCUT2D eigenvalue weighted by atomic mass is 10.2. The molecule has 16 heavy (non-hydrogen) atoms. The molecule has 0 saturated carbocycles. The van der Waals surface area contributed by atoms with Gasteiger partial charge in [0.05, 0.1) is 12.2 Å². The number of rotatable bonds is 4. The van der Waals surface area contributed by atoms with Crippen LogP contribution >= 0.6 is 11.6 Å². The van der Waals surface area contributed by atoms with Crippen LogP contribution in [0.15, 0.2) is 18.2 Å². The van der Waals surface area contributed by atoms with Crippen LogP contribution in [0, 0.1) is 5.92 Å². The van der Waals surface area contributed by atoms with Crippen molar-refractivity contribution in [2.45, 2.75) is 13.8 Å². The molecule has 0 aliphatic rings. The van der Waals surface area contributed by atoms with E-state index >= 15 is 0 Å². The molecular formula is C11H14ClNO3. The number of phenolic OH excluding ortho intramolecular Hbond substituents is 1. The zero-order valence-corrected chi connectivity index (χ0v) is 9.91. The van der Waals surface area contributed by atoms with Crippen molar-refractivity contribution in [1.29, 1.82) is 0 Å². The fourth-order valence-electron chi connectivity index (χ4n) is 1.03. The van der Waals surface area contributed by atoms with Gasteiger partial charge in [-0.05, 0) is 24.1 Å². The summed E-state index contributed by atoms with van der Waals surface area (Å²) in [6, 6.07) is 4.27. The van der Waals surface area contributed by atoms with Crippen molar-refractivity contribution in [2.24, 2.45) is 5.92 Å². The zero-order chi connectivity index (χ0) is 12.1. The maximum absolute atomic E-state index is 11.5. The molecule has 0 atom stereocenters. The summed E-state index contributed by atoms with van der Waals surface area (Å²) in [7, 11) is 0. The SMILES string of the molecule is CC(C)CONC(=O)c1ccc(Cl)cc1O. The number of carbonyl (C=O) groups is 1. The van der Waals surface area contributed by atoms with E-state index in [-0.39, 0.29) is 11.3 Å². The highest BCUT2D eigenvalue weighted by Gasteiger charge is 2.11. The Hall–Kier alpha value is -1.26. The van der Waals surface area contributed by atoms with E-state index < -0.39 is 5.91 Å². The maximum atomic E-state index is 11.5. The van der Waals surface area contributed by atoms with Gasteiger partial charge < -0.3 is 5.11 Å². The van der Waals surface area contributed by atoms with Crippen LogP contribution in [0.3, 0.4) is 0 Å². The average Bonchev–Trinajstić information content (AvgIpc) is 2.16. The molecule has 1 aromatic carbocycles. The Kier molecular flexibility index (Phi) is 4.58. The standard InChI is InChI=1S/C11H14ClNO3/c1-7(2)6-16-13-11(15)9-4-3-8(12)5-10(9)14/h3-5,7,14H,6H2,1-2H3,(H,13,15). The van der Waals surface area contributed by atoms with E-state index in [1.807, 2.05) is 13.8 Å². The Morgan fingerprint density at radius 2 is 2.25 bits per heavy atom. The number of nitrogens with one attached hydrogen (secondary N) is 1. The number of halogens is 1. The van der Waals surface area contributed by atoms with Gasteiger partial charge in [-0.25, -0.2) is 5.48 Å². The van der Waals surface area contributed by atoms with Crippen LogP contribution in [0.1, 0.15) is 24.2 Å². The number of benzene rings is 1. The van der Waals surface area contributed by atoms with Crippen molar-refractivity contribution >= 4 is 17.5 Å². The number of carbonyl (C=O) groups excluding carboxylic acids is 1. The van der Waals surface area contributed by atoms with Crippen molar-refractivity contribution in [3.63, 3.8) is 0 Å². The van der Waals surface area contributed by atoms with E-state index in [0.717, 1.165) is 0 Å². The molecule has 1 aromatic rings. The van der Waals surface area contributed by atoms with Gasteiger partial charge in [-0.1, -0.05) is 25.4 Å². The Bertz CT molecular complexity index is 379. The van der Waals surface area contributed by atoms with E-state index in [1.165, 1.54) is 18.2 Å². The minimum atomic E-state index is -0.491. The van der Waals surface area contributed by atoms with Gasteiger partial charge in [0.15, 0.2) is 0 Å². The lowest BCUT2D eigenvalue weighted by Gasteiger charge is -2.08. The third kappa shape index (κ3) is 3.72. The first kappa shape index (κ1) is 12.8. The number of hydroxylamine groups is 1. The summed E-state index contributed by atoms with van der Waals surface area (Å²) < 4.78 is 0. The molecule has 0 aromatic heterocycles. The molecule has 5 heteroatoms. The van der Waals surface area contributed by atoms with Crippen molar-refractivity contribution in [1.82, 2.24) is 5.48 Å². The van der Waals surface area contributed by atoms with E-state index in [4.69, 9.17) is 16.4 Å². The van der Waals surface area contributed by atoms with Crippen LogP contribution < -0.4 is 5.48 Å². The Morgan fingerprint density at radius 3 is 2.81 bits per heavy atom.